The Morgan fingerprint density at radius 2 is 0.896 bits per heavy atom. The molecule has 10 aromatic rings. The van der Waals surface area contributed by atoms with Crippen molar-refractivity contribution in [2.75, 3.05) is 14.7 Å². The SMILES string of the molecule is [2H]c1c([2H])c([2H])c(-c2cc3c4c(c2)N(c2ccc(C(C)(C)C)cc2)c2c(sc5ccc(-c6ccccc6)cc25)B4c2ccc(N(c4ccc(C(C)(C)C)cc4)c4ccc(C(C)(C)C)cc4)cc2N3c2ccc(C(C)(C)C)cc2)c([2H])c1[2H]. The van der Waals surface area contributed by atoms with Crippen molar-refractivity contribution in [1.29, 1.82) is 0 Å². The molecule has 0 spiro atoms. The summed E-state index contributed by atoms with van der Waals surface area (Å²) in [6.07, 6.45) is 0. The Balaban J connectivity index is 1.20. The van der Waals surface area contributed by atoms with E-state index in [1.165, 1.54) is 27.0 Å². The van der Waals surface area contributed by atoms with E-state index >= 15 is 0 Å². The molecule has 2 aliphatic rings. The maximum absolute atomic E-state index is 9.54. The molecule has 0 aliphatic carbocycles. The van der Waals surface area contributed by atoms with Gasteiger partial charge in [-0.25, -0.2) is 0 Å². The quantitative estimate of drug-likeness (QED) is 0.147. The van der Waals surface area contributed by atoms with Crippen molar-refractivity contribution in [3.63, 3.8) is 0 Å². The second-order valence-corrected chi connectivity index (χ2v) is 26.3. The smallest absolute Gasteiger partial charge is 0.264 e. The van der Waals surface area contributed by atoms with E-state index < -0.39 is 6.04 Å². The first kappa shape index (κ1) is 44.5. The van der Waals surface area contributed by atoms with Crippen LogP contribution >= 0.6 is 11.3 Å². The Morgan fingerprint density at radius 1 is 0.416 bits per heavy atom. The number of nitrogens with zero attached hydrogens (tertiary/aromatic N) is 3. The highest BCUT2D eigenvalue weighted by Crippen LogP contribution is 2.51. The molecule has 2 aliphatic heterocycles. The summed E-state index contributed by atoms with van der Waals surface area (Å²) in [6.45, 7) is 26.7. The zero-order valence-electron chi connectivity index (χ0n) is 51.6. The van der Waals surface area contributed by atoms with Crippen LogP contribution in [0.25, 0.3) is 32.3 Å². The summed E-state index contributed by atoms with van der Waals surface area (Å²) in [6, 6.07) is 62.7. The van der Waals surface area contributed by atoms with Crippen molar-refractivity contribution < 1.29 is 6.85 Å². The first-order chi connectivity index (χ1) is 38.8. The first-order valence-corrected chi connectivity index (χ1v) is 27.9. The lowest BCUT2D eigenvalue weighted by Crippen LogP contribution is -2.60. The minimum absolute atomic E-state index is 0.0349. The van der Waals surface area contributed by atoms with Crippen LogP contribution < -0.4 is 30.4 Å². The number of thiophene rings is 1. The average Bonchev–Trinajstić information content (AvgIpc) is 1.43. The highest BCUT2D eigenvalue weighted by molar-refractivity contribution is 7.33. The lowest BCUT2D eigenvalue weighted by molar-refractivity contribution is 0.590. The van der Waals surface area contributed by atoms with E-state index in [0.717, 1.165) is 83.3 Å². The summed E-state index contributed by atoms with van der Waals surface area (Å²) in [5.74, 6) is 0. The Bertz CT molecular complexity index is 4040. The highest BCUT2D eigenvalue weighted by atomic mass is 32.1. The van der Waals surface area contributed by atoms with Gasteiger partial charge >= 0.3 is 0 Å². The molecule has 0 amide bonds. The van der Waals surface area contributed by atoms with Gasteiger partial charge in [0.25, 0.3) is 6.71 Å². The number of benzene rings is 9. The predicted molar refractivity (Wildman–Crippen MR) is 336 cm³/mol. The van der Waals surface area contributed by atoms with Crippen LogP contribution in [0.5, 0.6) is 0 Å². The van der Waals surface area contributed by atoms with Gasteiger partial charge in [0.2, 0.25) is 0 Å². The van der Waals surface area contributed by atoms with Crippen molar-refractivity contribution >= 4 is 95.0 Å². The van der Waals surface area contributed by atoms with Gasteiger partial charge in [-0.05, 0) is 162 Å². The molecule has 12 rings (SSSR count). The third-order valence-corrected chi connectivity index (χ3v) is 17.0. The van der Waals surface area contributed by atoms with E-state index in [4.69, 9.17) is 4.11 Å². The van der Waals surface area contributed by atoms with E-state index in [1.807, 2.05) is 11.3 Å². The van der Waals surface area contributed by atoms with Crippen molar-refractivity contribution in [2.24, 2.45) is 0 Å². The van der Waals surface area contributed by atoms with Crippen molar-refractivity contribution in [2.45, 2.75) is 105 Å². The zero-order valence-corrected chi connectivity index (χ0v) is 47.4. The Morgan fingerprint density at radius 3 is 1.42 bits per heavy atom. The van der Waals surface area contributed by atoms with Gasteiger partial charge in [-0.15, -0.1) is 11.3 Å². The van der Waals surface area contributed by atoms with Gasteiger partial charge in [0.1, 0.15) is 0 Å². The third kappa shape index (κ3) is 9.07. The van der Waals surface area contributed by atoms with Crippen LogP contribution in [-0.2, 0) is 21.7 Å². The molecule has 0 radical (unpaired) electrons. The highest BCUT2D eigenvalue weighted by Gasteiger charge is 2.46. The molecule has 3 nitrogen and oxygen atoms in total. The molecule has 0 unspecified atom stereocenters. The molecule has 5 heteroatoms. The van der Waals surface area contributed by atoms with Crippen molar-refractivity contribution in [3.8, 4) is 22.3 Å². The van der Waals surface area contributed by atoms with Gasteiger partial charge in [-0.3, -0.25) is 0 Å². The van der Waals surface area contributed by atoms with Crippen molar-refractivity contribution in [1.82, 2.24) is 0 Å². The molecule has 0 saturated carbocycles. The summed E-state index contributed by atoms with van der Waals surface area (Å²) in [5, 5.41) is 1.11. The minimum Gasteiger partial charge on any atom is -0.311 e. The second kappa shape index (κ2) is 18.6. The summed E-state index contributed by atoms with van der Waals surface area (Å²) >= 11 is 1.83. The van der Waals surface area contributed by atoms with E-state index in [0.29, 0.717) is 5.56 Å². The Kier molecular flexibility index (Phi) is 10.7. The fourth-order valence-corrected chi connectivity index (χ4v) is 12.7. The number of hydrogen-bond donors (Lipinski definition) is 0. The number of fused-ring (bicyclic) bond motifs is 6. The molecule has 0 saturated heterocycles. The lowest BCUT2D eigenvalue weighted by atomic mass is 9.36. The number of anilines is 9. The van der Waals surface area contributed by atoms with Gasteiger partial charge in [0.05, 0.1) is 12.5 Å². The maximum atomic E-state index is 9.54. The average molecular weight is 1030 g/mol. The first-order valence-electron chi connectivity index (χ1n) is 29.6. The normalized spacial score (nSPS) is 14.3. The molecule has 0 bridgehead atoms. The fraction of sp³-hybridized carbons (Fsp3) is 0.222. The molecule has 0 atom stereocenters. The van der Waals surface area contributed by atoms with Gasteiger partial charge in [-0.1, -0.05) is 204 Å². The molecule has 382 valence electrons. The Hall–Kier alpha value is -7.60. The van der Waals surface area contributed by atoms with Crippen LogP contribution in [0.2, 0.25) is 0 Å². The predicted octanol–water partition coefficient (Wildman–Crippen LogP) is 19.0. The van der Waals surface area contributed by atoms with E-state index in [-0.39, 0.29) is 58.1 Å². The van der Waals surface area contributed by atoms with Crippen LogP contribution in [0, 0.1) is 0 Å². The van der Waals surface area contributed by atoms with Crippen LogP contribution in [0.3, 0.4) is 0 Å². The molecule has 1 aromatic heterocycles. The van der Waals surface area contributed by atoms with Crippen LogP contribution in [-0.4, -0.2) is 6.71 Å². The maximum Gasteiger partial charge on any atom is 0.264 e. The lowest BCUT2D eigenvalue weighted by Gasteiger charge is -2.44. The minimum atomic E-state index is -0.421. The van der Waals surface area contributed by atoms with Gasteiger partial charge in [0, 0.05) is 60.4 Å². The monoisotopic (exact) mass is 1020 g/mol. The largest absolute Gasteiger partial charge is 0.311 e. The van der Waals surface area contributed by atoms with E-state index in [2.05, 4.69) is 274 Å². The number of hydrogen-bond acceptors (Lipinski definition) is 4. The Labute approximate surface area is 469 Å². The zero-order chi connectivity index (χ0) is 58.1. The molecule has 9 aromatic carbocycles. The summed E-state index contributed by atoms with van der Waals surface area (Å²) in [5.41, 5.74) is 18.6. The number of rotatable bonds is 7. The summed E-state index contributed by atoms with van der Waals surface area (Å²) < 4.78 is 48.2. The topological polar surface area (TPSA) is 9.72 Å². The van der Waals surface area contributed by atoms with Crippen molar-refractivity contribution in [3.05, 3.63) is 228 Å². The standard InChI is InChI=1S/C72H70BN3S/c1-69(2,3)51-24-32-55(33-25-51)74(56-34-26-52(27-35-56)70(4,5)6)59-40-41-61-62(46-59)75(57-36-28-53(29-37-57)71(7,8)9)63-44-50(48-21-17-14-18-22-48)45-64-66(63)73(61)68-67(76(64)58-38-30-54(31-39-58)72(10,11)12)60-43-49(23-42-65(60)77-68)47-19-15-13-16-20-47/h13-46H,1-12H3/i14D,17D,18D,21D,22D. The summed E-state index contributed by atoms with van der Waals surface area (Å²) in [7, 11) is 0. The molecule has 0 fully saturated rings. The van der Waals surface area contributed by atoms with E-state index in [9.17, 15) is 2.74 Å². The van der Waals surface area contributed by atoms with Crippen LogP contribution in [0.15, 0.2) is 206 Å². The molecular weight excluding hydrogens is 950 g/mol. The van der Waals surface area contributed by atoms with Crippen LogP contribution in [0.4, 0.5) is 51.2 Å². The van der Waals surface area contributed by atoms with E-state index in [1.54, 1.807) is 0 Å². The van der Waals surface area contributed by atoms with Gasteiger partial charge in [0.15, 0.2) is 0 Å². The molecule has 0 N–H and O–H groups in total. The second-order valence-electron chi connectivity index (χ2n) is 25.2. The van der Waals surface area contributed by atoms with Gasteiger partial charge < -0.3 is 14.7 Å². The fourth-order valence-electron chi connectivity index (χ4n) is 11.4. The van der Waals surface area contributed by atoms with Crippen LogP contribution in [0.1, 0.15) is 112 Å². The molecular formula is C72H70BN3S. The van der Waals surface area contributed by atoms with Gasteiger partial charge in [-0.2, -0.15) is 0 Å². The molecule has 77 heavy (non-hydrogen) atoms. The third-order valence-electron chi connectivity index (χ3n) is 15.8. The molecule has 3 heterocycles. The summed E-state index contributed by atoms with van der Waals surface area (Å²) in [4.78, 5) is 7.13.